The highest BCUT2D eigenvalue weighted by atomic mass is 16.5. The first-order chi connectivity index (χ1) is 9.25. The molecule has 0 N–H and O–H groups in total. The number of nitrogens with zero attached hydrogens (tertiary/aromatic N) is 1. The second-order valence-corrected chi connectivity index (χ2v) is 5.63. The van der Waals surface area contributed by atoms with E-state index in [1.54, 1.807) is 0 Å². The average Bonchev–Trinajstić information content (AvgIpc) is 3.06. The van der Waals surface area contributed by atoms with Crippen molar-refractivity contribution in [2.24, 2.45) is 11.8 Å². The van der Waals surface area contributed by atoms with E-state index in [4.69, 9.17) is 4.74 Å². The topological polar surface area (TPSA) is 46.6 Å². The SMILES string of the molecule is O=C1C[C@@H]2[C@H]3CO[C@@H](c4ccccc4)N3C(=O)[C@@H]2C1. The van der Waals surface area contributed by atoms with Gasteiger partial charge in [-0.25, -0.2) is 0 Å². The molecular formula is C15H15NO3. The van der Waals surface area contributed by atoms with Gasteiger partial charge >= 0.3 is 0 Å². The minimum atomic E-state index is -0.264. The second kappa shape index (κ2) is 3.90. The third-order valence-corrected chi connectivity index (χ3v) is 4.61. The van der Waals surface area contributed by atoms with Crippen LogP contribution >= 0.6 is 0 Å². The van der Waals surface area contributed by atoms with E-state index >= 15 is 0 Å². The minimum Gasteiger partial charge on any atom is -0.352 e. The fourth-order valence-corrected chi connectivity index (χ4v) is 3.76. The zero-order chi connectivity index (χ0) is 13.0. The molecule has 1 amide bonds. The Kier molecular flexibility index (Phi) is 2.30. The van der Waals surface area contributed by atoms with Gasteiger partial charge < -0.3 is 9.64 Å². The van der Waals surface area contributed by atoms with Gasteiger partial charge in [0, 0.05) is 24.3 Å². The van der Waals surface area contributed by atoms with Crippen molar-refractivity contribution < 1.29 is 14.3 Å². The first-order valence-corrected chi connectivity index (χ1v) is 6.76. The van der Waals surface area contributed by atoms with Gasteiger partial charge in [0.2, 0.25) is 5.91 Å². The lowest BCUT2D eigenvalue weighted by Crippen LogP contribution is -2.34. The van der Waals surface area contributed by atoms with Gasteiger partial charge in [-0.3, -0.25) is 9.59 Å². The largest absolute Gasteiger partial charge is 0.352 e. The molecule has 2 aliphatic heterocycles. The number of rotatable bonds is 1. The van der Waals surface area contributed by atoms with Gasteiger partial charge in [-0.2, -0.15) is 0 Å². The van der Waals surface area contributed by atoms with Crippen molar-refractivity contribution in [3.05, 3.63) is 35.9 Å². The summed E-state index contributed by atoms with van der Waals surface area (Å²) >= 11 is 0. The van der Waals surface area contributed by atoms with Crippen molar-refractivity contribution in [1.82, 2.24) is 4.90 Å². The molecule has 1 aliphatic carbocycles. The van der Waals surface area contributed by atoms with E-state index in [-0.39, 0.29) is 35.8 Å². The van der Waals surface area contributed by atoms with Gasteiger partial charge in [-0.15, -0.1) is 0 Å². The van der Waals surface area contributed by atoms with Gasteiger partial charge in [0.15, 0.2) is 6.23 Å². The van der Waals surface area contributed by atoms with Gasteiger partial charge in [0.25, 0.3) is 0 Å². The standard InChI is InChI=1S/C15H15NO3/c17-10-6-11-12(7-10)14(18)16-13(11)8-19-15(16)9-4-2-1-3-5-9/h1-5,11-13,15H,6-8H2/t11-,12+,13+,15-/m0/s1. The Hall–Kier alpha value is -1.68. The number of ketones is 1. The van der Waals surface area contributed by atoms with E-state index in [0.717, 1.165) is 5.56 Å². The van der Waals surface area contributed by atoms with Crippen LogP contribution in [0, 0.1) is 11.8 Å². The van der Waals surface area contributed by atoms with Crippen LogP contribution in [0.3, 0.4) is 0 Å². The highest BCUT2D eigenvalue weighted by Crippen LogP contribution is 2.48. The molecule has 0 bridgehead atoms. The first-order valence-electron chi connectivity index (χ1n) is 6.76. The Morgan fingerprint density at radius 2 is 1.89 bits per heavy atom. The molecule has 2 heterocycles. The lowest BCUT2D eigenvalue weighted by atomic mass is 9.94. The molecule has 1 saturated carbocycles. The van der Waals surface area contributed by atoms with Gasteiger partial charge in [-0.1, -0.05) is 30.3 Å². The Bertz CT molecular complexity index is 542. The van der Waals surface area contributed by atoms with Crippen LogP contribution in [0.25, 0.3) is 0 Å². The molecule has 4 heteroatoms. The lowest BCUT2D eigenvalue weighted by Gasteiger charge is -2.23. The summed E-state index contributed by atoms with van der Waals surface area (Å²) in [6.07, 6.45) is 0.708. The molecule has 4 atom stereocenters. The van der Waals surface area contributed by atoms with E-state index in [2.05, 4.69) is 0 Å². The van der Waals surface area contributed by atoms with Crippen LogP contribution in [0.15, 0.2) is 30.3 Å². The monoisotopic (exact) mass is 257 g/mol. The molecular weight excluding hydrogens is 242 g/mol. The summed E-state index contributed by atoms with van der Waals surface area (Å²) in [6, 6.07) is 9.93. The number of hydrogen-bond donors (Lipinski definition) is 0. The quantitative estimate of drug-likeness (QED) is 0.766. The van der Waals surface area contributed by atoms with Crippen LogP contribution < -0.4 is 0 Å². The van der Waals surface area contributed by atoms with E-state index < -0.39 is 0 Å². The maximum atomic E-state index is 12.5. The predicted molar refractivity (Wildman–Crippen MR) is 67.0 cm³/mol. The fourth-order valence-electron chi connectivity index (χ4n) is 3.76. The molecule has 3 fully saturated rings. The maximum Gasteiger partial charge on any atom is 0.229 e. The molecule has 3 aliphatic rings. The van der Waals surface area contributed by atoms with E-state index in [1.165, 1.54) is 0 Å². The normalized spacial score (nSPS) is 36.7. The number of Topliss-reactive ketones (excluding diaryl/α,β-unsaturated/α-hetero) is 1. The van der Waals surface area contributed by atoms with Gasteiger partial charge in [0.1, 0.15) is 5.78 Å². The molecule has 0 radical (unpaired) electrons. The van der Waals surface area contributed by atoms with Crippen LogP contribution in [0.4, 0.5) is 0 Å². The smallest absolute Gasteiger partial charge is 0.229 e. The highest BCUT2D eigenvalue weighted by Gasteiger charge is 2.57. The lowest BCUT2D eigenvalue weighted by molar-refractivity contribution is -0.138. The Labute approximate surface area is 111 Å². The summed E-state index contributed by atoms with van der Waals surface area (Å²) in [5, 5.41) is 0. The van der Waals surface area contributed by atoms with Crippen LogP contribution in [-0.4, -0.2) is 29.2 Å². The molecule has 4 rings (SSSR count). The van der Waals surface area contributed by atoms with Crippen LogP contribution in [0.1, 0.15) is 24.6 Å². The van der Waals surface area contributed by atoms with Crippen LogP contribution in [0.5, 0.6) is 0 Å². The molecule has 0 aromatic heterocycles. The van der Waals surface area contributed by atoms with Gasteiger partial charge in [0.05, 0.1) is 18.6 Å². The van der Waals surface area contributed by atoms with Crippen LogP contribution in [-0.2, 0) is 14.3 Å². The Morgan fingerprint density at radius 1 is 1.11 bits per heavy atom. The average molecular weight is 257 g/mol. The summed E-state index contributed by atoms with van der Waals surface area (Å²) < 4.78 is 5.81. The molecule has 2 saturated heterocycles. The number of benzene rings is 1. The summed E-state index contributed by atoms with van der Waals surface area (Å²) in [4.78, 5) is 25.9. The van der Waals surface area contributed by atoms with Gasteiger partial charge in [-0.05, 0) is 0 Å². The number of carbonyl (C=O) groups excluding carboxylic acids is 2. The minimum absolute atomic E-state index is 0.0902. The zero-order valence-electron chi connectivity index (χ0n) is 10.5. The van der Waals surface area contributed by atoms with Crippen molar-refractivity contribution in [2.45, 2.75) is 25.1 Å². The number of amides is 1. The molecule has 1 aromatic carbocycles. The summed E-state index contributed by atoms with van der Waals surface area (Å²) in [5.41, 5.74) is 1.02. The molecule has 1 aromatic rings. The molecule has 19 heavy (non-hydrogen) atoms. The van der Waals surface area contributed by atoms with Crippen molar-refractivity contribution in [2.75, 3.05) is 6.61 Å². The number of fused-ring (bicyclic) bond motifs is 3. The van der Waals surface area contributed by atoms with Crippen molar-refractivity contribution in [3.63, 3.8) is 0 Å². The zero-order valence-corrected chi connectivity index (χ0v) is 10.5. The fraction of sp³-hybridized carbons (Fsp3) is 0.467. The Balaban J connectivity index is 1.67. The molecule has 4 nitrogen and oxygen atoms in total. The first kappa shape index (κ1) is 11.2. The number of ether oxygens (including phenoxy) is 1. The Morgan fingerprint density at radius 3 is 2.68 bits per heavy atom. The molecule has 98 valence electrons. The van der Waals surface area contributed by atoms with Crippen LogP contribution in [0.2, 0.25) is 0 Å². The molecule has 0 unspecified atom stereocenters. The van der Waals surface area contributed by atoms with Crippen molar-refractivity contribution >= 4 is 11.7 Å². The second-order valence-electron chi connectivity index (χ2n) is 5.63. The number of carbonyl (C=O) groups is 2. The summed E-state index contributed by atoms with van der Waals surface area (Å²) in [7, 11) is 0. The van der Waals surface area contributed by atoms with E-state index in [1.807, 2.05) is 35.2 Å². The predicted octanol–water partition coefficient (Wildman–Crippen LogP) is 1.52. The summed E-state index contributed by atoms with van der Waals surface area (Å²) in [6.45, 7) is 0.555. The third kappa shape index (κ3) is 1.49. The van der Waals surface area contributed by atoms with Crippen molar-refractivity contribution in [1.29, 1.82) is 0 Å². The molecule has 0 spiro atoms. The van der Waals surface area contributed by atoms with E-state index in [9.17, 15) is 9.59 Å². The number of hydrogen-bond acceptors (Lipinski definition) is 3. The summed E-state index contributed by atoms with van der Waals surface area (Å²) in [5.74, 6) is 0.416. The van der Waals surface area contributed by atoms with E-state index in [0.29, 0.717) is 19.4 Å². The van der Waals surface area contributed by atoms with Crippen molar-refractivity contribution in [3.8, 4) is 0 Å². The third-order valence-electron chi connectivity index (χ3n) is 4.61. The maximum absolute atomic E-state index is 12.5. The highest BCUT2D eigenvalue weighted by molar-refractivity contribution is 5.93.